The molecule has 182 valence electrons. The number of allylic oxidation sites excluding steroid dienone is 2. The Bertz CT molecular complexity index is 1280. The largest absolute Gasteiger partial charge is 0.456 e. The van der Waals surface area contributed by atoms with Gasteiger partial charge in [0, 0.05) is 20.8 Å². The summed E-state index contributed by atoms with van der Waals surface area (Å²) >= 11 is 6.68. The van der Waals surface area contributed by atoms with E-state index in [0.29, 0.717) is 17.1 Å². The standard InChI is InChI=1S/C28H25I3O4/c1-2-3-4-5-6-7-10-17-13-14-21-24(25(17)29)28(19-12-9-8-11-18(19)26(33)35-28)20-16-27(30,31)23(32)15-22(20)34-21/h8-9,11-16H,2-7,10H2,1H3. The first kappa shape index (κ1) is 25.7. The second-order valence-electron chi connectivity index (χ2n) is 9.20. The van der Waals surface area contributed by atoms with E-state index in [-0.39, 0.29) is 11.8 Å². The summed E-state index contributed by atoms with van der Waals surface area (Å²) in [6, 6.07) is 11.7. The van der Waals surface area contributed by atoms with Gasteiger partial charge in [-0.25, -0.2) is 4.79 Å². The second-order valence-corrected chi connectivity index (χ2v) is 15.7. The smallest absolute Gasteiger partial charge is 0.340 e. The molecule has 1 aliphatic carbocycles. The number of carbonyl (C=O) groups excluding carboxylic acids is 2. The number of esters is 1. The number of hydrogen-bond acceptors (Lipinski definition) is 4. The minimum Gasteiger partial charge on any atom is -0.456 e. The van der Waals surface area contributed by atoms with Crippen LogP contribution in [0, 0.1) is 3.57 Å². The topological polar surface area (TPSA) is 52.6 Å². The molecule has 0 aromatic heterocycles. The summed E-state index contributed by atoms with van der Waals surface area (Å²) in [5, 5.41) is 0. The monoisotopic (exact) mass is 806 g/mol. The molecule has 2 aliphatic heterocycles. The van der Waals surface area contributed by atoms with Crippen LogP contribution in [0.5, 0.6) is 5.75 Å². The summed E-state index contributed by atoms with van der Waals surface area (Å²) in [5.74, 6) is 0.685. The summed E-state index contributed by atoms with van der Waals surface area (Å²) in [5.41, 5.74) is 3.05. The van der Waals surface area contributed by atoms with E-state index in [1.165, 1.54) is 37.7 Å². The summed E-state index contributed by atoms with van der Waals surface area (Å²) in [6.07, 6.45) is 11.8. The molecule has 7 heteroatoms. The van der Waals surface area contributed by atoms with E-state index in [1.54, 1.807) is 6.08 Å². The third-order valence-electron chi connectivity index (χ3n) is 6.89. The number of unbranched alkanes of at least 4 members (excludes halogenated alkanes) is 5. The van der Waals surface area contributed by atoms with Gasteiger partial charge in [-0.2, -0.15) is 0 Å². The predicted octanol–water partition coefficient (Wildman–Crippen LogP) is 7.96. The quantitative estimate of drug-likeness (QED) is 0.124. The fourth-order valence-electron chi connectivity index (χ4n) is 5.14. The van der Waals surface area contributed by atoms with E-state index >= 15 is 0 Å². The number of ether oxygens (including phenoxy) is 2. The zero-order valence-electron chi connectivity index (χ0n) is 19.3. The van der Waals surface area contributed by atoms with Crippen molar-refractivity contribution in [2.75, 3.05) is 0 Å². The van der Waals surface area contributed by atoms with Gasteiger partial charge in [0.2, 0.25) is 0 Å². The number of fused-ring (bicyclic) bond motifs is 6. The Hall–Kier alpha value is -0.950. The number of carbonyl (C=O) groups is 2. The Morgan fingerprint density at radius 1 is 0.943 bits per heavy atom. The van der Waals surface area contributed by atoms with Crippen molar-refractivity contribution in [1.82, 2.24) is 0 Å². The fraction of sp³-hybridized carbons (Fsp3) is 0.357. The number of aryl methyl sites for hydroxylation is 1. The van der Waals surface area contributed by atoms with Crippen molar-refractivity contribution < 1.29 is 19.1 Å². The number of hydrogen-bond donors (Lipinski definition) is 0. The first-order valence-corrected chi connectivity index (χ1v) is 15.2. The van der Waals surface area contributed by atoms with Crippen LogP contribution in [0.25, 0.3) is 0 Å². The van der Waals surface area contributed by atoms with Crippen LogP contribution in [0.3, 0.4) is 0 Å². The maximum absolute atomic E-state index is 13.2. The molecule has 4 nitrogen and oxygen atoms in total. The van der Waals surface area contributed by atoms with Crippen LogP contribution in [0.4, 0.5) is 0 Å². The molecule has 3 aliphatic rings. The first-order chi connectivity index (χ1) is 16.8. The van der Waals surface area contributed by atoms with Crippen molar-refractivity contribution in [3.05, 3.63) is 85.7 Å². The van der Waals surface area contributed by atoms with Crippen molar-refractivity contribution >= 4 is 79.5 Å². The number of benzene rings is 2. The van der Waals surface area contributed by atoms with Gasteiger partial charge in [-0.1, -0.05) is 108 Å². The molecule has 2 heterocycles. The molecule has 2 aromatic rings. The van der Waals surface area contributed by atoms with Crippen LogP contribution in [0.15, 0.2) is 59.9 Å². The average Bonchev–Trinajstić information content (AvgIpc) is 3.12. The van der Waals surface area contributed by atoms with Gasteiger partial charge in [0.1, 0.15) is 11.5 Å². The molecule has 35 heavy (non-hydrogen) atoms. The molecule has 5 rings (SSSR count). The van der Waals surface area contributed by atoms with Gasteiger partial charge in [-0.15, -0.1) is 0 Å². The van der Waals surface area contributed by atoms with Gasteiger partial charge in [-0.3, -0.25) is 4.79 Å². The highest BCUT2D eigenvalue weighted by Gasteiger charge is 2.58. The van der Waals surface area contributed by atoms with Gasteiger partial charge in [0.25, 0.3) is 0 Å². The summed E-state index contributed by atoms with van der Waals surface area (Å²) < 4.78 is 12.9. The summed E-state index contributed by atoms with van der Waals surface area (Å²) in [7, 11) is 0. The van der Waals surface area contributed by atoms with E-state index in [4.69, 9.17) is 9.47 Å². The highest BCUT2D eigenvalue weighted by Crippen LogP contribution is 2.58. The van der Waals surface area contributed by atoms with Crippen LogP contribution in [0.2, 0.25) is 0 Å². The molecule has 0 fully saturated rings. The van der Waals surface area contributed by atoms with Gasteiger partial charge in [0.15, 0.2) is 12.8 Å². The molecule has 0 N–H and O–H groups in total. The van der Waals surface area contributed by atoms with E-state index in [9.17, 15) is 9.59 Å². The van der Waals surface area contributed by atoms with E-state index in [2.05, 4.69) is 80.8 Å². The van der Waals surface area contributed by atoms with Crippen LogP contribution < -0.4 is 4.74 Å². The Balaban J connectivity index is 1.64. The third kappa shape index (κ3) is 4.41. The molecule has 1 spiro atoms. The lowest BCUT2D eigenvalue weighted by atomic mass is 9.74. The van der Waals surface area contributed by atoms with Crippen molar-refractivity contribution in [2.45, 2.75) is 58.9 Å². The Labute approximate surface area is 246 Å². The average molecular weight is 806 g/mol. The molecular weight excluding hydrogens is 781 g/mol. The fourth-order valence-corrected chi connectivity index (χ4v) is 7.16. The lowest BCUT2D eigenvalue weighted by Crippen LogP contribution is -2.41. The van der Waals surface area contributed by atoms with E-state index in [1.807, 2.05) is 36.4 Å². The molecule has 0 amide bonds. The Kier molecular flexibility index (Phi) is 7.39. The van der Waals surface area contributed by atoms with Crippen molar-refractivity contribution in [3.63, 3.8) is 0 Å². The first-order valence-electron chi connectivity index (χ1n) is 12.0. The van der Waals surface area contributed by atoms with Crippen LogP contribution >= 0.6 is 67.8 Å². The highest BCUT2D eigenvalue weighted by atomic mass is 127. The van der Waals surface area contributed by atoms with Crippen LogP contribution in [-0.2, 0) is 21.6 Å². The van der Waals surface area contributed by atoms with Crippen molar-refractivity contribution in [2.24, 2.45) is 0 Å². The summed E-state index contributed by atoms with van der Waals surface area (Å²) in [6.45, 7) is 2.24. The zero-order chi connectivity index (χ0) is 24.8. The van der Waals surface area contributed by atoms with E-state index in [0.717, 1.165) is 33.1 Å². The molecule has 0 saturated carbocycles. The number of halogens is 3. The Morgan fingerprint density at radius 3 is 2.49 bits per heavy atom. The molecular formula is C28H25I3O4. The maximum Gasteiger partial charge on any atom is 0.340 e. The van der Waals surface area contributed by atoms with Gasteiger partial charge >= 0.3 is 5.97 Å². The summed E-state index contributed by atoms with van der Waals surface area (Å²) in [4.78, 5) is 26.0. The molecule has 0 bridgehead atoms. The normalized spacial score (nSPS) is 21.5. The molecule has 1 atom stereocenters. The molecule has 2 aromatic carbocycles. The number of alkyl halides is 2. The molecule has 1 unspecified atom stereocenters. The second kappa shape index (κ2) is 10.1. The zero-order valence-corrected chi connectivity index (χ0v) is 25.8. The highest BCUT2D eigenvalue weighted by molar-refractivity contribution is 14.2. The minimum absolute atomic E-state index is 0.0527. The van der Waals surface area contributed by atoms with Crippen LogP contribution in [0.1, 0.15) is 72.5 Å². The molecule has 0 saturated heterocycles. The van der Waals surface area contributed by atoms with Gasteiger partial charge < -0.3 is 9.47 Å². The Morgan fingerprint density at radius 2 is 1.69 bits per heavy atom. The predicted molar refractivity (Wildman–Crippen MR) is 161 cm³/mol. The number of ketones is 1. The third-order valence-corrected chi connectivity index (χ3v) is 9.81. The van der Waals surface area contributed by atoms with Crippen LogP contribution in [-0.4, -0.2) is 13.2 Å². The SMILES string of the molecule is CCCCCCCCc1ccc2c(c1I)C1(OC(=O)c3ccccc31)C1=CC(I)(I)C(=O)C=C1O2. The number of rotatable bonds is 7. The maximum atomic E-state index is 13.2. The van der Waals surface area contributed by atoms with Crippen molar-refractivity contribution in [1.29, 1.82) is 0 Å². The van der Waals surface area contributed by atoms with Gasteiger partial charge in [-0.05, 0) is 59.2 Å². The van der Waals surface area contributed by atoms with E-state index < -0.39 is 7.03 Å². The lowest BCUT2D eigenvalue weighted by Gasteiger charge is -2.41. The molecule has 0 radical (unpaired) electrons. The minimum atomic E-state index is -1.14. The lowest BCUT2D eigenvalue weighted by molar-refractivity contribution is -0.113. The van der Waals surface area contributed by atoms with Gasteiger partial charge in [0.05, 0.1) is 11.1 Å². The van der Waals surface area contributed by atoms with Crippen molar-refractivity contribution in [3.8, 4) is 5.75 Å².